The summed E-state index contributed by atoms with van der Waals surface area (Å²) in [5.74, 6) is 0.414. The van der Waals surface area contributed by atoms with E-state index in [2.05, 4.69) is 23.6 Å². The third kappa shape index (κ3) is 2.84. The lowest BCUT2D eigenvalue weighted by molar-refractivity contribution is 0.602. The maximum Gasteiger partial charge on any atom is 0.263 e. The van der Waals surface area contributed by atoms with Crippen molar-refractivity contribution in [3.05, 3.63) is 53.7 Å². The number of pyridine rings is 1. The molecular formula is C16H16N2O2S2. The van der Waals surface area contributed by atoms with E-state index in [9.17, 15) is 8.42 Å². The molecule has 3 aromatic rings. The van der Waals surface area contributed by atoms with Crippen LogP contribution in [0.5, 0.6) is 0 Å². The Morgan fingerprint density at radius 2 is 1.86 bits per heavy atom. The van der Waals surface area contributed by atoms with Crippen LogP contribution in [-0.2, 0) is 10.0 Å². The van der Waals surface area contributed by atoms with Gasteiger partial charge in [0.1, 0.15) is 4.90 Å². The molecule has 0 radical (unpaired) electrons. The zero-order valence-electron chi connectivity index (χ0n) is 12.3. The largest absolute Gasteiger partial charge is 0.280 e. The number of sulfonamides is 1. The van der Waals surface area contributed by atoms with Crippen molar-refractivity contribution in [1.82, 2.24) is 4.98 Å². The highest BCUT2D eigenvalue weighted by Crippen LogP contribution is 2.30. The van der Waals surface area contributed by atoms with Gasteiger partial charge in [-0.3, -0.25) is 9.71 Å². The van der Waals surface area contributed by atoms with Crippen molar-refractivity contribution in [1.29, 1.82) is 0 Å². The molecule has 0 aliphatic rings. The molecule has 0 unspecified atom stereocenters. The molecule has 2 aromatic heterocycles. The van der Waals surface area contributed by atoms with Gasteiger partial charge in [-0.2, -0.15) is 0 Å². The Kier molecular flexibility index (Phi) is 3.88. The van der Waals surface area contributed by atoms with Gasteiger partial charge in [0.15, 0.2) is 0 Å². The number of thiophene rings is 1. The SMILES string of the molecule is CC(C)c1ccc(NS(=O)(=O)c2csc3ccncc23)cc1. The van der Waals surface area contributed by atoms with Crippen molar-refractivity contribution in [3.8, 4) is 0 Å². The Hall–Kier alpha value is -1.92. The van der Waals surface area contributed by atoms with Gasteiger partial charge in [0.2, 0.25) is 0 Å². The summed E-state index contributed by atoms with van der Waals surface area (Å²) in [5, 5.41) is 2.30. The number of aromatic nitrogens is 1. The van der Waals surface area contributed by atoms with Crippen LogP contribution in [0, 0.1) is 0 Å². The molecule has 3 rings (SSSR count). The first kappa shape index (κ1) is 15.0. The molecule has 0 amide bonds. The standard InChI is InChI=1S/C16H16N2O2S2/c1-11(2)12-3-5-13(6-4-12)18-22(19,20)16-10-21-15-7-8-17-9-14(15)16/h3-11,18H,1-2H3. The van der Waals surface area contributed by atoms with Crippen LogP contribution in [0.4, 0.5) is 5.69 Å². The van der Waals surface area contributed by atoms with E-state index in [1.807, 2.05) is 18.2 Å². The van der Waals surface area contributed by atoms with Gasteiger partial charge in [0.25, 0.3) is 10.0 Å². The second kappa shape index (κ2) is 5.70. The summed E-state index contributed by atoms with van der Waals surface area (Å²) in [6.07, 6.45) is 3.25. The van der Waals surface area contributed by atoms with Crippen LogP contribution >= 0.6 is 11.3 Å². The Morgan fingerprint density at radius 3 is 2.55 bits per heavy atom. The van der Waals surface area contributed by atoms with Crippen LogP contribution < -0.4 is 4.72 Å². The number of fused-ring (bicyclic) bond motifs is 1. The summed E-state index contributed by atoms with van der Waals surface area (Å²) in [5.41, 5.74) is 1.74. The predicted octanol–water partition coefficient (Wildman–Crippen LogP) is 4.22. The van der Waals surface area contributed by atoms with Gasteiger partial charge in [-0.05, 0) is 29.7 Å². The van der Waals surface area contributed by atoms with Gasteiger partial charge < -0.3 is 0 Å². The lowest BCUT2D eigenvalue weighted by atomic mass is 10.0. The molecule has 1 N–H and O–H groups in total. The zero-order chi connectivity index (χ0) is 15.7. The number of rotatable bonds is 4. The average Bonchev–Trinajstić information content (AvgIpc) is 2.92. The first-order valence-corrected chi connectivity index (χ1v) is 9.27. The highest BCUT2D eigenvalue weighted by Gasteiger charge is 2.19. The Morgan fingerprint density at radius 1 is 1.14 bits per heavy atom. The van der Waals surface area contributed by atoms with E-state index in [-0.39, 0.29) is 4.90 Å². The van der Waals surface area contributed by atoms with Gasteiger partial charge in [-0.15, -0.1) is 11.3 Å². The lowest BCUT2D eigenvalue weighted by Gasteiger charge is -2.09. The van der Waals surface area contributed by atoms with E-state index in [4.69, 9.17) is 0 Å². The summed E-state index contributed by atoms with van der Waals surface area (Å²) >= 11 is 1.40. The second-order valence-electron chi connectivity index (χ2n) is 5.35. The fourth-order valence-corrected chi connectivity index (χ4v) is 4.72. The third-order valence-corrected chi connectivity index (χ3v) is 5.99. The zero-order valence-corrected chi connectivity index (χ0v) is 13.9. The fraction of sp³-hybridized carbons (Fsp3) is 0.188. The molecule has 114 valence electrons. The molecule has 0 aliphatic carbocycles. The Balaban J connectivity index is 1.93. The molecule has 0 saturated heterocycles. The minimum absolute atomic E-state index is 0.272. The Bertz CT molecular complexity index is 897. The van der Waals surface area contributed by atoms with Crippen molar-refractivity contribution in [2.45, 2.75) is 24.7 Å². The summed E-state index contributed by atoms with van der Waals surface area (Å²) in [6.45, 7) is 4.20. The monoisotopic (exact) mass is 332 g/mol. The van der Waals surface area contributed by atoms with Gasteiger partial charge in [-0.25, -0.2) is 8.42 Å². The number of nitrogens with zero attached hydrogens (tertiary/aromatic N) is 1. The minimum atomic E-state index is -3.61. The van der Waals surface area contributed by atoms with Crippen molar-refractivity contribution in [2.24, 2.45) is 0 Å². The Labute approximate surface area is 133 Å². The van der Waals surface area contributed by atoms with E-state index in [0.29, 0.717) is 17.0 Å². The molecule has 0 atom stereocenters. The van der Waals surface area contributed by atoms with Crippen molar-refractivity contribution in [3.63, 3.8) is 0 Å². The number of hydrogen-bond donors (Lipinski definition) is 1. The quantitative estimate of drug-likeness (QED) is 0.778. The van der Waals surface area contributed by atoms with Gasteiger partial charge in [-0.1, -0.05) is 26.0 Å². The van der Waals surface area contributed by atoms with E-state index < -0.39 is 10.0 Å². The number of anilines is 1. The second-order valence-corrected chi connectivity index (χ2v) is 7.92. The predicted molar refractivity (Wildman–Crippen MR) is 91.0 cm³/mol. The number of hydrogen-bond acceptors (Lipinski definition) is 4. The van der Waals surface area contributed by atoms with E-state index in [1.165, 1.54) is 16.9 Å². The summed E-state index contributed by atoms with van der Waals surface area (Å²) in [6, 6.07) is 9.28. The normalized spacial score (nSPS) is 12.0. The molecule has 22 heavy (non-hydrogen) atoms. The molecule has 4 nitrogen and oxygen atoms in total. The van der Waals surface area contributed by atoms with Crippen LogP contribution in [0.25, 0.3) is 10.1 Å². The number of nitrogens with one attached hydrogen (secondary N) is 1. The van der Waals surface area contributed by atoms with E-state index in [1.54, 1.807) is 29.9 Å². The smallest absolute Gasteiger partial charge is 0.263 e. The molecule has 6 heteroatoms. The van der Waals surface area contributed by atoms with Crippen molar-refractivity contribution >= 4 is 37.1 Å². The molecule has 1 aromatic carbocycles. The average molecular weight is 332 g/mol. The summed E-state index contributed by atoms with van der Waals surface area (Å²) in [4.78, 5) is 4.28. The van der Waals surface area contributed by atoms with E-state index in [0.717, 1.165) is 4.70 Å². The van der Waals surface area contributed by atoms with Crippen molar-refractivity contribution < 1.29 is 8.42 Å². The third-order valence-electron chi connectivity index (χ3n) is 3.46. The molecule has 0 saturated carbocycles. The topological polar surface area (TPSA) is 59.1 Å². The first-order chi connectivity index (χ1) is 10.5. The fourth-order valence-electron chi connectivity index (χ4n) is 2.20. The minimum Gasteiger partial charge on any atom is -0.280 e. The van der Waals surface area contributed by atoms with Gasteiger partial charge in [0, 0.05) is 33.5 Å². The molecule has 2 heterocycles. The highest BCUT2D eigenvalue weighted by molar-refractivity contribution is 7.93. The lowest BCUT2D eigenvalue weighted by Crippen LogP contribution is -2.12. The van der Waals surface area contributed by atoms with E-state index >= 15 is 0 Å². The van der Waals surface area contributed by atoms with Crippen LogP contribution in [0.3, 0.4) is 0 Å². The van der Waals surface area contributed by atoms with Crippen LogP contribution in [0.1, 0.15) is 25.3 Å². The summed E-state index contributed by atoms with van der Waals surface area (Å²) in [7, 11) is -3.61. The highest BCUT2D eigenvalue weighted by atomic mass is 32.2. The maximum atomic E-state index is 12.6. The van der Waals surface area contributed by atoms with Crippen LogP contribution in [0.2, 0.25) is 0 Å². The first-order valence-electron chi connectivity index (χ1n) is 6.91. The number of benzene rings is 1. The molecule has 0 aliphatic heterocycles. The van der Waals surface area contributed by atoms with Crippen LogP contribution in [0.15, 0.2) is 53.0 Å². The maximum absolute atomic E-state index is 12.6. The molecule has 0 bridgehead atoms. The van der Waals surface area contributed by atoms with Crippen LogP contribution in [-0.4, -0.2) is 13.4 Å². The molecule has 0 fully saturated rings. The van der Waals surface area contributed by atoms with Crippen molar-refractivity contribution in [2.75, 3.05) is 4.72 Å². The molecule has 0 spiro atoms. The van der Waals surface area contributed by atoms with Gasteiger partial charge in [0.05, 0.1) is 0 Å². The molecular weight excluding hydrogens is 316 g/mol. The van der Waals surface area contributed by atoms with Gasteiger partial charge >= 0.3 is 0 Å². The summed E-state index contributed by atoms with van der Waals surface area (Å²) < 4.78 is 28.7.